The second-order valence-corrected chi connectivity index (χ2v) is 6.66. The van der Waals surface area contributed by atoms with Gasteiger partial charge in [-0.3, -0.25) is 9.59 Å². The molecule has 1 saturated heterocycles. The van der Waals surface area contributed by atoms with Gasteiger partial charge < -0.3 is 15.0 Å². The summed E-state index contributed by atoms with van der Waals surface area (Å²) >= 11 is 0. The molecule has 2 amide bonds. The minimum atomic E-state index is -0.115. The summed E-state index contributed by atoms with van der Waals surface area (Å²) in [5.74, 6) is -0.121. The van der Waals surface area contributed by atoms with Crippen LogP contribution >= 0.6 is 0 Å². The number of rotatable bonds is 4. The fraction of sp³-hybridized carbons (Fsp3) is 0.474. The molecule has 0 bridgehead atoms. The van der Waals surface area contributed by atoms with Crippen molar-refractivity contribution in [2.75, 3.05) is 26.8 Å². The Bertz CT molecular complexity index is 829. The molecule has 2 aromatic rings. The molecule has 2 heterocycles. The molecule has 0 atom stereocenters. The summed E-state index contributed by atoms with van der Waals surface area (Å²) in [4.78, 5) is 35.3. The second kappa shape index (κ2) is 7.78. The molecule has 7 heteroatoms. The highest BCUT2D eigenvalue weighted by atomic mass is 16.5. The number of aromatic nitrogens is 2. The largest absolute Gasteiger partial charge is 0.375 e. The minimum Gasteiger partial charge on any atom is -0.375 e. The zero-order valence-electron chi connectivity index (χ0n) is 15.4. The van der Waals surface area contributed by atoms with Gasteiger partial charge in [0.05, 0.1) is 22.4 Å². The number of ether oxygens (including phenoxy) is 1. The van der Waals surface area contributed by atoms with Crippen molar-refractivity contribution in [1.82, 2.24) is 20.2 Å². The molecular formula is C19H24N4O3. The number of amides is 2. The first-order valence-electron chi connectivity index (χ1n) is 8.80. The first-order valence-corrected chi connectivity index (χ1v) is 8.80. The third-order valence-electron chi connectivity index (χ3n) is 4.74. The van der Waals surface area contributed by atoms with E-state index in [1.807, 2.05) is 30.9 Å². The van der Waals surface area contributed by atoms with E-state index < -0.39 is 0 Å². The predicted octanol–water partition coefficient (Wildman–Crippen LogP) is 1.61. The summed E-state index contributed by atoms with van der Waals surface area (Å²) in [6, 6.07) is 5.55. The van der Waals surface area contributed by atoms with E-state index in [0.717, 1.165) is 35.3 Å². The predicted molar refractivity (Wildman–Crippen MR) is 98.0 cm³/mol. The molecule has 1 aromatic heterocycles. The van der Waals surface area contributed by atoms with Crippen LogP contribution in [0.3, 0.4) is 0 Å². The average Bonchev–Trinajstić information content (AvgIpc) is 2.62. The molecule has 7 nitrogen and oxygen atoms in total. The number of benzene rings is 1. The maximum absolute atomic E-state index is 12.8. The van der Waals surface area contributed by atoms with Crippen molar-refractivity contribution in [1.29, 1.82) is 0 Å². The Morgan fingerprint density at radius 2 is 1.81 bits per heavy atom. The highest BCUT2D eigenvalue weighted by molar-refractivity contribution is 5.97. The van der Waals surface area contributed by atoms with Crippen molar-refractivity contribution in [2.24, 2.45) is 0 Å². The number of nitrogens with one attached hydrogen (secondary N) is 1. The number of carbonyl (C=O) groups excluding carboxylic acids is 2. The van der Waals surface area contributed by atoms with Crippen molar-refractivity contribution in [3.63, 3.8) is 0 Å². The van der Waals surface area contributed by atoms with Crippen LogP contribution in [0.4, 0.5) is 0 Å². The van der Waals surface area contributed by atoms with E-state index in [9.17, 15) is 9.59 Å². The van der Waals surface area contributed by atoms with E-state index >= 15 is 0 Å². The number of hydrogen-bond acceptors (Lipinski definition) is 5. The standard InChI is InChI=1S/C19H24N4O3/c1-12-13(2)21-17-10-14(4-5-16(17)20-12)19(25)23-8-6-15(7-9-23)22-18(24)11-26-3/h4-5,10,15H,6-9,11H2,1-3H3,(H,22,24). The van der Waals surface area contributed by atoms with Crippen molar-refractivity contribution in [2.45, 2.75) is 32.7 Å². The van der Waals surface area contributed by atoms with Crippen molar-refractivity contribution in [3.8, 4) is 0 Å². The smallest absolute Gasteiger partial charge is 0.253 e. The lowest BCUT2D eigenvalue weighted by atomic mass is 10.0. The number of carbonyl (C=O) groups is 2. The van der Waals surface area contributed by atoms with E-state index in [4.69, 9.17) is 4.74 Å². The molecule has 26 heavy (non-hydrogen) atoms. The summed E-state index contributed by atoms with van der Waals surface area (Å²) in [6.07, 6.45) is 1.49. The lowest BCUT2D eigenvalue weighted by molar-refractivity contribution is -0.125. The fourth-order valence-corrected chi connectivity index (χ4v) is 3.17. The number of fused-ring (bicyclic) bond motifs is 1. The summed E-state index contributed by atoms with van der Waals surface area (Å²) in [5, 5.41) is 2.93. The molecule has 0 aliphatic carbocycles. The van der Waals surface area contributed by atoms with Crippen molar-refractivity contribution in [3.05, 3.63) is 35.2 Å². The number of methoxy groups -OCH3 is 1. The average molecular weight is 356 g/mol. The summed E-state index contributed by atoms with van der Waals surface area (Å²) < 4.78 is 4.83. The molecule has 0 saturated carbocycles. The molecule has 1 aromatic carbocycles. The van der Waals surface area contributed by atoms with E-state index in [1.165, 1.54) is 7.11 Å². The molecule has 138 valence electrons. The molecule has 1 fully saturated rings. The Morgan fingerprint density at radius 1 is 1.15 bits per heavy atom. The third kappa shape index (κ3) is 3.99. The monoisotopic (exact) mass is 356 g/mol. The van der Waals surface area contributed by atoms with Gasteiger partial charge >= 0.3 is 0 Å². The van der Waals surface area contributed by atoms with Crippen LogP contribution in [0, 0.1) is 13.8 Å². The van der Waals surface area contributed by atoms with Gasteiger partial charge in [-0.1, -0.05) is 0 Å². The Hall–Kier alpha value is -2.54. The second-order valence-electron chi connectivity index (χ2n) is 6.66. The van der Waals surface area contributed by atoms with Crippen molar-refractivity contribution >= 4 is 22.8 Å². The molecule has 1 aliphatic rings. The molecule has 3 rings (SSSR count). The van der Waals surface area contributed by atoms with Crippen LogP contribution in [-0.4, -0.2) is 59.5 Å². The first kappa shape index (κ1) is 18.3. The number of piperidine rings is 1. The van der Waals surface area contributed by atoms with Gasteiger partial charge in [-0.2, -0.15) is 0 Å². The molecule has 0 unspecified atom stereocenters. The zero-order valence-corrected chi connectivity index (χ0v) is 15.4. The Labute approximate surface area is 152 Å². The van der Waals surface area contributed by atoms with Crippen LogP contribution in [-0.2, 0) is 9.53 Å². The Balaban J connectivity index is 1.66. The lowest BCUT2D eigenvalue weighted by Crippen LogP contribution is -2.47. The van der Waals surface area contributed by atoms with Crippen LogP contribution in [0.1, 0.15) is 34.6 Å². The number of hydrogen-bond donors (Lipinski definition) is 1. The van der Waals surface area contributed by atoms with Gasteiger partial charge in [0.25, 0.3) is 5.91 Å². The van der Waals surface area contributed by atoms with Gasteiger partial charge in [0.15, 0.2) is 0 Å². The summed E-state index contributed by atoms with van der Waals surface area (Å²) in [5.41, 5.74) is 3.92. The Morgan fingerprint density at radius 3 is 2.46 bits per heavy atom. The maximum Gasteiger partial charge on any atom is 0.253 e. The van der Waals surface area contributed by atoms with Crippen LogP contribution in [0.25, 0.3) is 11.0 Å². The number of likely N-dealkylation sites (tertiary alicyclic amines) is 1. The zero-order chi connectivity index (χ0) is 18.7. The molecular weight excluding hydrogens is 332 g/mol. The molecule has 1 N–H and O–H groups in total. The minimum absolute atomic E-state index is 0.00593. The summed E-state index contributed by atoms with van der Waals surface area (Å²) in [7, 11) is 1.50. The number of aryl methyl sites for hydroxylation is 2. The van der Waals surface area contributed by atoms with Crippen LogP contribution in [0.2, 0.25) is 0 Å². The maximum atomic E-state index is 12.8. The lowest BCUT2D eigenvalue weighted by Gasteiger charge is -2.32. The van der Waals surface area contributed by atoms with Gasteiger partial charge in [-0.25, -0.2) is 9.97 Å². The van der Waals surface area contributed by atoms with Gasteiger partial charge in [0.2, 0.25) is 5.91 Å². The van der Waals surface area contributed by atoms with Crippen LogP contribution in [0.15, 0.2) is 18.2 Å². The van der Waals surface area contributed by atoms with Crippen LogP contribution < -0.4 is 5.32 Å². The van der Waals surface area contributed by atoms with E-state index in [2.05, 4.69) is 15.3 Å². The Kier molecular flexibility index (Phi) is 5.46. The van der Waals surface area contributed by atoms with Crippen LogP contribution in [0.5, 0.6) is 0 Å². The van der Waals surface area contributed by atoms with E-state index in [0.29, 0.717) is 18.7 Å². The van der Waals surface area contributed by atoms with Crippen molar-refractivity contribution < 1.29 is 14.3 Å². The first-order chi connectivity index (χ1) is 12.5. The summed E-state index contributed by atoms with van der Waals surface area (Å²) in [6.45, 7) is 5.15. The van der Waals surface area contributed by atoms with Gasteiger partial charge in [0.1, 0.15) is 6.61 Å². The highest BCUT2D eigenvalue weighted by Gasteiger charge is 2.24. The molecule has 1 aliphatic heterocycles. The SMILES string of the molecule is COCC(=O)NC1CCN(C(=O)c2ccc3nc(C)c(C)nc3c2)CC1. The van der Waals surface area contributed by atoms with E-state index in [1.54, 1.807) is 6.07 Å². The molecule has 0 radical (unpaired) electrons. The quantitative estimate of drug-likeness (QED) is 0.900. The normalized spacial score (nSPS) is 15.3. The fourth-order valence-electron chi connectivity index (χ4n) is 3.17. The van der Waals surface area contributed by atoms with Gasteiger partial charge in [-0.05, 0) is 44.9 Å². The number of nitrogens with zero attached hydrogens (tertiary/aromatic N) is 3. The molecule has 0 spiro atoms. The van der Waals surface area contributed by atoms with Gasteiger partial charge in [0, 0.05) is 31.8 Å². The topological polar surface area (TPSA) is 84.4 Å². The van der Waals surface area contributed by atoms with Gasteiger partial charge in [-0.15, -0.1) is 0 Å². The third-order valence-corrected chi connectivity index (χ3v) is 4.74. The highest BCUT2D eigenvalue weighted by Crippen LogP contribution is 2.18. The van der Waals surface area contributed by atoms with E-state index in [-0.39, 0.29) is 24.5 Å².